The summed E-state index contributed by atoms with van der Waals surface area (Å²) in [5.74, 6) is 0.371. The summed E-state index contributed by atoms with van der Waals surface area (Å²) >= 11 is 0. The van der Waals surface area contributed by atoms with Crippen LogP contribution in [0.3, 0.4) is 0 Å². The van der Waals surface area contributed by atoms with Crippen LogP contribution in [0.5, 0.6) is 0 Å². The van der Waals surface area contributed by atoms with Gasteiger partial charge >= 0.3 is 0 Å². The van der Waals surface area contributed by atoms with Gasteiger partial charge in [0.05, 0.1) is 0 Å². The van der Waals surface area contributed by atoms with Crippen molar-refractivity contribution >= 4 is 5.78 Å². The maximum absolute atomic E-state index is 12.3. The fourth-order valence-corrected chi connectivity index (χ4v) is 2.57. The molecule has 80 valence electrons. The summed E-state index contributed by atoms with van der Waals surface area (Å²) in [6, 6.07) is 9.75. The molecule has 0 N–H and O–H groups in total. The molecule has 1 nitrogen and oxygen atoms in total. The Bertz CT molecular complexity index is 336. The number of carbonyl (C=O) groups excluding carboxylic acids is 1. The monoisotopic (exact) mass is 202 g/mol. The Morgan fingerprint density at radius 1 is 1.27 bits per heavy atom. The Hall–Kier alpha value is -1.11. The second-order valence-electron chi connectivity index (χ2n) is 4.58. The van der Waals surface area contributed by atoms with Gasteiger partial charge in [0.2, 0.25) is 0 Å². The van der Waals surface area contributed by atoms with Gasteiger partial charge < -0.3 is 0 Å². The molecule has 15 heavy (non-hydrogen) atoms. The van der Waals surface area contributed by atoms with Crippen LogP contribution in [0.25, 0.3) is 0 Å². The van der Waals surface area contributed by atoms with E-state index >= 15 is 0 Å². The van der Waals surface area contributed by atoms with E-state index in [1.807, 2.05) is 30.3 Å². The third-order valence-electron chi connectivity index (χ3n) is 3.56. The molecule has 0 spiro atoms. The van der Waals surface area contributed by atoms with Crippen LogP contribution in [-0.2, 0) is 0 Å². The van der Waals surface area contributed by atoms with Crippen LogP contribution in [0.15, 0.2) is 30.3 Å². The molecule has 0 saturated heterocycles. The minimum absolute atomic E-state index is 0.00387. The zero-order valence-electron chi connectivity index (χ0n) is 9.33. The van der Waals surface area contributed by atoms with E-state index in [2.05, 4.69) is 6.92 Å². The van der Waals surface area contributed by atoms with E-state index in [4.69, 9.17) is 0 Å². The predicted octanol–water partition coefficient (Wildman–Crippen LogP) is 3.84. The average Bonchev–Trinajstić information content (AvgIpc) is 2.24. The molecule has 1 saturated carbocycles. The van der Waals surface area contributed by atoms with E-state index < -0.39 is 0 Å². The minimum Gasteiger partial charge on any atom is -0.294 e. The van der Waals surface area contributed by atoms with Gasteiger partial charge in [0.15, 0.2) is 5.78 Å². The van der Waals surface area contributed by atoms with Crippen molar-refractivity contribution < 1.29 is 4.79 Å². The van der Waals surface area contributed by atoms with Crippen LogP contribution >= 0.6 is 0 Å². The lowest BCUT2D eigenvalue weighted by Crippen LogP contribution is -2.37. The molecule has 1 heteroatoms. The van der Waals surface area contributed by atoms with Gasteiger partial charge in [-0.15, -0.1) is 0 Å². The Labute approximate surface area is 91.5 Å². The van der Waals surface area contributed by atoms with Gasteiger partial charge in [-0.25, -0.2) is 0 Å². The van der Waals surface area contributed by atoms with Crippen molar-refractivity contribution in [3.63, 3.8) is 0 Å². The van der Waals surface area contributed by atoms with Gasteiger partial charge in [0.25, 0.3) is 0 Å². The van der Waals surface area contributed by atoms with Crippen molar-refractivity contribution in [3.8, 4) is 0 Å². The quantitative estimate of drug-likeness (QED) is 0.678. The molecule has 1 aromatic carbocycles. The Morgan fingerprint density at radius 2 is 1.93 bits per heavy atom. The van der Waals surface area contributed by atoms with Crippen molar-refractivity contribution in [2.24, 2.45) is 5.41 Å². The summed E-state index contributed by atoms with van der Waals surface area (Å²) in [4.78, 5) is 12.3. The summed E-state index contributed by atoms with van der Waals surface area (Å²) < 4.78 is 0. The highest BCUT2D eigenvalue weighted by Gasteiger charge is 2.42. The van der Waals surface area contributed by atoms with Crippen molar-refractivity contribution in [2.75, 3.05) is 0 Å². The first-order valence-corrected chi connectivity index (χ1v) is 5.88. The third-order valence-corrected chi connectivity index (χ3v) is 3.56. The summed E-state index contributed by atoms with van der Waals surface area (Å²) in [7, 11) is 0. The molecule has 1 aromatic rings. The van der Waals surface area contributed by atoms with Crippen LogP contribution in [0.2, 0.25) is 0 Å². The van der Waals surface area contributed by atoms with E-state index in [9.17, 15) is 4.79 Å². The summed E-state index contributed by atoms with van der Waals surface area (Å²) in [6.07, 6.45) is 5.57. The summed E-state index contributed by atoms with van der Waals surface area (Å²) in [5, 5.41) is 0. The first-order chi connectivity index (χ1) is 7.28. The topological polar surface area (TPSA) is 17.1 Å². The molecule has 2 rings (SSSR count). The van der Waals surface area contributed by atoms with Crippen molar-refractivity contribution in [2.45, 2.75) is 39.0 Å². The number of Topliss-reactive ketones (excluding diaryl/α,β-unsaturated/α-hetero) is 1. The van der Waals surface area contributed by atoms with E-state index in [1.54, 1.807) is 0 Å². The number of hydrogen-bond donors (Lipinski definition) is 0. The second-order valence-corrected chi connectivity index (χ2v) is 4.58. The molecule has 0 unspecified atom stereocenters. The number of ketones is 1. The SMILES string of the molecule is CCCC1(C(=O)c2ccccc2)CCC1. The number of benzene rings is 1. The number of hydrogen-bond acceptors (Lipinski definition) is 1. The maximum atomic E-state index is 12.3. The van der Waals surface area contributed by atoms with Crippen molar-refractivity contribution in [1.82, 2.24) is 0 Å². The van der Waals surface area contributed by atoms with Crippen molar-refractivity contribution in [1.29, 1.82) is 0 Å². The molecule has 0 atom stereocenters. The van der Waals surface area contributed by atoms with Crippen LogP contribution in [-0.4, -0.2) is 5.78 Å². The summed E-state index contributed by atoms with van der Waals surface area (Å²) in [5.41, 5.74) is 0.890. The molecule has 1 aliphatic carbocycles. The normalized spacial score (nSPS) is 18.2. The Balaban J connectivity index is 2.19. The smallest absolute Gasteiger partial charge is 0.168 e. The zero-order chi connectivity index (χ0) is 10.7. The predicted molar refractivity (Wildman–Crippen MR) is 62.0 cm³/mol. The number of rotatable bonds is 4. The Kier molecular flexibility index (Phi) is 2.90. The Morgan fingerprint density at radius 3 is 2.40 bits per heavy atom. The lowest BCUT2D eigenvalue weighted by Gasteiger charge is -2.40. The zero-order valence-corrected chi connectivity index (χ0v) is 9.33. The first kappa shape index (κ1) is 10.4. The molecule has 0 aromatic heterocycles. The van der Waals surface area contributed by atoms with Crippen LogP contribution < -0.4 is 0 Å². The lowest BCUT2D eigenvalue weighted by atomic mass is 9.62. The lowest BCUT2D eigenvalue weighted by molar-refractivity contribution is 0.0577. The first-order valence-electron chi connectivity index (χ1n) is 5.88. The molecule has 0 amide bonds. The molecule has 0 bridgehead atoms. The molecule has 0 aliphatic heterocycles. The molecule has 1 aliphatic rings. The second kappa shape index (κ2) is 4.18. The fraction of sp³-hybridized carbons (Fsp3) is 0.500. The highest BCUT2D eigenvalue weighted by atomic mass is 16.1. The molecular weight excluding hydrogens is 184 g/mol. The maximum Gasteiger partial charge on any atom is 0.168 e. The van der Waals surface area contributed by atoms with Crippen molar-refractivity contribution in [3.05, 3.63) is 35.9 Å². The number of carbonyl (C=O) groups is 1. The van der Waals surface area contributed by atoms with Gasteiger partial charge in [-0.2, -0.15) is 0 Å². The average molecular weight is 202 g/mol. The molecule has 1 fully saturated rings. The molecule has 0 heterocycles. The third kappa shape index (κ3) is 1.83. The molecular formula is C14H18O. The van der Waals surface area contributed by atoms with Gasteiger partial charge in [-0.1, -0.05) is 50.1 Å². The highest BCUT2D eigenvalue weighted by molar-refractivity contribution is 6.01. The van der Waals surface area contributed by atoms with E-state index in [1.165, 1.54) is 6.42 Å². The van der Waals surface area contributed by atoms with E-state index in [0.29, 0.717) is 5.78 Å². The van der Waals surface area contributed by atoms with Gasteiger partial charge in [-0.05, 0) is 19.3 Å². The van der Waals surface area contributed by atoms with Gasteiger partial charge in [0, 0.05) is 11.0 Å². The largest absolute Gasteiger partial charge is 0.294 e. The fourth-order valence-electron chi connectivity index (χ4n) is 2.57. The summed E-state index contributed by atoms with van der Waals surface area (Å²) in [6.45, 7) is 2.17. The molecule has 0 radical (unpaired) electrons. The van der Waals surface area contributed by atoms with Crippen LogP contribution in [0.1, 0.15) is 49.4 Å². The van der Waals surface area contributed by atoms with Gasteiger partial charge in [-0.3, -0.25) is 4.79 Å². The standard InChI is InChI=1S/C14H18O/c1-2-9-14(10-6-11-14)13(15)12-7-4-3-5-8-12/h3-5,7-8H,2,6,9-11H2,1H3. The minimum atomic E-state index is -0.00387. The van der Waals surface area contributed by atoms with Crippen LogP contribution in [0, 0.1) is 5.41 Å². The van der Waals surface area contributed by atoms with E-state index in [-0.39, 0.29) is 5.41 Å². The highest BCUT2D eigenvalue weighted by Crippen LogP contribution is 2.47. The van der Waals surface area contributed by atoms with Gasteiger partial charge in [0.1, 0.15) is 0 Å². The van der Waals surface area contributed by atoms with Crippen LogP contribution in [0.4, 0.5) is 0 Å². The van der Waals surface area contributed by atoms with E-state index in [0.717, 1.165) is 31.2 Å².